The van der Waals surface area contributed by atoms with Gasteiger partial charge in [-0.25, -0.2) is 0 Å². The molecule has 0 radical (unpaired) electrons. The van der Waals surface area contributed by atoms with E-state index in [2.05, 4.69) is 48.8 Å². The van der Waals surface area contributed by atoms with Crippen LogP contribution in [0.3, 0.4) is 0 Å². The molecule has 0 unspecified atom stereocenters. The number of rotatable bonds is 4. The second-order valence-electron chi connectivity index (χ2n) is 5.33. The molecule has 3 aromatic carbocycles. The van der Waals surface area contributed by atoms with E-state index < -0.39 is 7.26 Å². The summed E-state index contributed by atoms with van der Waals surface area (Å²) in [6.07, 6.45) is 0. The van der Waals surface area contributed by atoms with Gasteiger partial charge >= 0.3 is 0 Å². The van der Waals surface area contributed by atoms with Gasteiger partial charge in [-0.15, -0.1) is 0 Å². The van der Waals surface area contributed by atoms with Gasteiger partial charge in [-0.2, -0.15) is 0 Å². The largest absolute Gasteiger partial charge is 1.00 e. The van der Waals surface area contributed by atoms with E-state index in [1.807, 2.05) is 36.4 Å². The zero-order chi connectivity index (χ0) is 17.2. The molecule has 0 aliphatic rings. The summed E-state index contributed by atoms with van der Waals surface area (Å²) < 4.78 is 0. The van der Waals surface area contributed by atoms with E-state index in [0.717, 1.165) is 0 Å². The Bertz CT molecular complexity index is 733. The summed E-state index contributed by atoms with van der Waals surface area (Å²) in [6.45, 7) is 4.18. The molecular formula is C20H15BrCl3P. The Labute approximate surface area is 174 Å². The Hall–Kier alpha value is -0.820. The highest BCUT2D eigenvalue weighted by Gasteiger charge is 2.42. The highest BCUT2D eigenvalue weighted by atomic mass is 79.9. The van der Waals surface area contributed by atoms with Crippen LogP contribution in [0.15, 0.2) is 85.2 Å². The average molecular weight is 473 g/mol. The van der Waals surface area contributed by atoms with Crippen molar-refractivity contribution in [3.63, 3.8) is 0 Å². The third-order valence-electron chi connectivity index (χ3n) is 3.98. The van der Waals surface area contributed by atoms with E-state index in [1.165, 1.54) is 15.9 Å². The minimum absolute atomic E-state index is 0. The lowest BCUT2D eigenvalue weighted by Crippen LogP contribution is -3.00. The van der Waals surface area contributed by atoms with E-state index in [1.54, 1.807) is 0 Å². The van der Waals surface area contributed by atoms with Gasteiger partial charge in [0.15, 0.2) is 0 Å². The summed E-state index contributed by atoms with van der Waals surface area (Å²) in [5, 5.41) is 5.71. The van der Waals surface area contributed by atoms with Gasteiger partial charge in [0.2, 0.25) is 0 Å². The van der Waals surface area contributed by atoms with Gasteiger partial charge in [0.05, 0.1) is 5.82 Å². The first-order valence-electron chi connectivity index (χ1n) is 7.37. The van der Waals surface area contributed by atoms with Crippen LogP contribution >= 0.6 is 42.1 Å². The Balaban J connectivity index is 0.00000225. The fourth-order valence-corrected chi connectivity index (χ4v) is 6.56. The van der Waals surface area contributed by atoms with Crippen molar-refractivity contribution >= 4 is 58.0 Å². The number of hydrogen-bond acceptors (Lipinski definition) is 0. The second kappa shape index (κ2) is 8.71. The molecule has 0 saturated carbocycles. The van der Waals surface area contributed by atoms with Crippen molar-refractivity contribution < 1.29 is 17.0 Å². The third kappa shape index (κ3) is 4.13. The van der Waals surface area contributed by atoms with Crippen LogP contribution in [0.1, 0.15) is 0 Å². The molecule has 0 saturated heterocycles. The molecule has 25 heavy (non-hydrogen) atoms. The molecule has 128 valence electrons. The molecule has 0 atom stereocenters. The lowest BCUT2D eigenvalue weighted by atomic mass is 10.3. The molecular weight excluding hydrogens is 457 g/mol. The van der Waals surface area contributed by atoms with Gasteiger partial charge in [0, 0.05) is 15.1 Å². The summed E-state index contributed by atoms with van der Waals surface area (Å²) in [5.41, 5.74) is 0. The Kier molecular flexibility index (Phi) is 7.14. The van der Waals surface area contributed by atoms with E-state index in [0.29, 0.717) is 15.1 Å². The van der Waals surface area contributed by atoms with Crippen molar-refractivity contribution in [2.24, 2.45) is 0 Å². The number of benzene rings is 3. The molecule has 3 aromatic rings. The second-order valence-corrected chi connectivity index (χ2v) is 10.0. The molecule has 0 amide bonds. The summed E-state index contributed by atoms with van der Waals surface area (Å²) in [5.74, 6) is 2.06. The predicted octanol–water partition coefficient (Wildman–Crippen LogP) is 3.09. The SMILES string of the molecule is C=C[P+](c1ccc(Cl)cc1)(c1ccc(Cl)cc1)c1ccc(Cl)cc1.[Br-]. The molecule has 0 heterocycles. The maximum Gasteiger partial charge on any atom is 0.136 e. The molecule has 0 bridgehead atoms. The minimum Gasteiger partial charge on any atom is -1.00 e. The first-order valence-corrected chi connectivity index (χ1v) is 10.4. The lowest BCUT2D eigenvalue weighted by Gasteiger charge is -2.23. The summed E-state index contributed by atoms with van der Waals surface area (Å²) >= 11 is 18.3. The van der Waals surface area contributed by atoms with Crippen LogP contribution in [0.5, 0.6) is 0 Å². The van der Waals surface area contributed by atoms with E-state index in [4.69, 9.17) is 34.8 Å². The van der Waals surface area contributed by atoms with E-state index in [-0.39, 0.29) is 17.0 Å². The fourth-order valence-electron chi connectivity index (χ4n) is 2.79. The fraction of sp³-hybridized carbons (Fsp3) is 0. The van der Waals surface area contributed by atoms with Gasteiger partial charge < -0.3 is 17.0 Å². The summed E-state index contributed by atoms with van der Waals surface area (Å²) in [6, 6.07) is 23.9. The van der Waals surface area contributed by atoms with Crippen LogP contribution in [-0.4, -0.2) is 0 Å². The van der Waals surface area contributed by atoms with Crippen molar-refractivity contribution in [3.05, 3.63) is 100 Å². The molecule has 5 heteroatoms. The van der Waals surface area contributed by atoms with E-state index >= 15 is 0 Å². The zero-order valence-corrected chi connectivity index (χ0v) is 17.9. The van der Waals surface area contributed by atoms with Crippen LogP contribution in [0.4, 0.5) is 0 Å². The zero-order valence-electron chi connectivity index (χ0n) is 13.2. The molecule has 0 spiro atoms. The smallest absolute Gasteiger partial charge is 0.136 e. The van der Waals surface area contributed by atoms with Gasteiger partial charge in [0.1, 0.15) is 23.2 Å². The maximum absolute atomic E-state index is 6.09. The Morgan fingerprint density at radius 2 is 0.800 bits per heavy atom. The molecule has 3 rings (SSSR count). The van der Waals surface area contributed by atoms with Crippen LogP contribution in [0, 0.1) is 0 Å². The molecule has 0 aliphatic carbocycles. The summed E-state index contributed by atoms with van der Waals surface area (Å²) in [4.78, 5) is 0. The molecule has 0 fully saturated rings. The Morgan fingerprint density at radius 3 is 1.00 bits per heavy atom. The standard InChI is InChI=1S/C20H15Cl3P.BrH/c1-2-24(18-9-3-15(21)4-10-18,19-11-5-16(22)6-12-19)20-13-7-17(23)8-14-20;/h2-14H,1H2;1H/q+1;/p-1. The quantitative estimate of drug-likeness (QED) is 0.512. The molecule has 0 aliphatic heterocycles. The third-order valence-corrected chi connectivity index (χ3v) is 8.62. The lowest BCUT2D eigenvalue weighted by molar-refractivity contribution is -0.00000435. The van der Waals surface area contributed by atoms with Gasteiger partial charge in [-0.05, 0) is 72.8 Å². The summed E-state index contributed by atoms with van der Waals surface area (Å²) in [7, 11) is -2.01. The highest BCUT2D eigenvalue weighted by molar-refractivity contribution is 7.98. The first-order chi connectivity index (χ1) is 11.6. The van der Waals surface area contributed by atoms with Gasteiger partial charge in [0.25, 0.3) is 0 Å². The van der Waals surface area contributed by atoms with Gasteiger partial charge in [-0.1, -0.05) is 41.4 Å². The number of halogens is 4. The normalized spacial score (nSPS) is 10.8. The van der Waals surface area contributed by atoms with Crippen molar-refractivity contribution in [1.82, 2.24) is 0 Å². The molecule has 0 N–H and O–H groups in total. The minimum atomic E-state index is -2.01. The van der Waals surface area contributed by atoms with Crippen LogP contribution in [0.25, 0.3) is 0 Å². The van der Waals surface area contributed by atoms with Gasteiger partial charge in [-0.3, -0.25) is 0 Å². The average Bonchev–Trinajstić information content (AvgIpc) is 2.60. The van der Waals surface area contributed by atoms with E-state index in [9.17, 15) is 0 Å². The monoisotopic (exact) mass is 470 g/mol. The van der Waals surface area contributed by atoms with Crippen molar-refractivity contribution in [1.29, 1.82) is 0 Å². The molecule has 0 nitrogen and oxygen atoms in total. The molecule has 0 aromatic heterocycles. The Morgan fingerprint density at radius 1 is 0.560 bits per heavy atom. The van der Waals surface area contributed by atoms with Crippen LogP contribution in [-0.2, 0) is 0 Å². The van der Waals surface area contributed by atoms with Crippen LogP contribution < -0.4 is 32.9 Å². The maximum atomic E-state index is 6.09. The predicted molar refractivity (Wildman–Crippen MR) is 110 cm³/mol. The van der Waals surface area contributed by atoms with Crippen molar-refractivity contribution in [2.75, 3.05) is 0 Å². The van der Waals surface area contributed by atoms with Crippen molar-refractivity contribution in [2.45, 2.75) is 0 Å². The highest BCUT2D eigenvalue weighted by Crippen LogP contribution is 2.56. The first kappa shape index (κ1) is 20.5. The number of hydrogen-bond donors (Lipinski definition) is 0. The van der Waals surface area contributed by atoms with Crippen molar-refractivity contribution in [3.8, 4) is 0 Å². The van der Waals surface area contributed by atoms with Crippen LogP contribution in [0.2, 0.25) is 15.1 Å². The topological polar surface area (TPSA) is 0 Å².